The van der Waals surface area contributed by atoms with E-state index in [0.717, 1.165) is 16.8 Å². The topological polar surface area (TPSA) is 174 Å². The summed E-state index contributed by atoms with van der Waals surface area (Å²) < 4.78 is 20.5. The van der Waals surface area contributed by atoms with Crippen molar-refractivity contribution in [3.8, 4) is 0 Å². The van der Waals surface area contributed by atoms with Gasteiger partial charge in [-0.15, -0.1) is 0 Å². The van der Waals surface area contributed by atoms with Crippen molar-refractivity contribution in [2.75, 3.05) is 6.61 Å². The van der Waals surface area contributed by atoms with Crippen molar-refractivity contribution in [3.63, 3.8) is 0 Å². The standard InChI is InChI=1S/C9H13N2O9P/c12-5-1-2-11(9(15)10-5)8-7(14)6(13)4(20-8)3-19-21(16,17)18/h1-2,4,6-8,13-14H,3H2,(H,10,12,15)(H2,16,17,18)/p-1/t4-,6-,7+,8?/m0/s1. The van der Waals surface area contributed by atoms with E-state index in [2.05, 4.69) is 4.52 Å². The molecule has 2 heterocycles. The smallest absolute Gasteiger partial charge is 0.330 e. The van der Waals surface area contributed by atoms with E-state index < -0.39 is 50.2 Å². The predicted molar refractivity (Wildman–Crippen MR) is 63.0 cm³/mol. The number of phosphoric acid groups is 1. The molecule has 1 aromatic heterocycles. The van der Waals surface area contributed by atoms with Crippen molar-refractivity contribution >= 4 is 7.82 Å². The molecule has 11 nitrogen and oxygen atoms in total. The zero-order chi connectivity index (χ0) is 15.8. The van der Waals surface area contributed by atoms with Gasteiger partial charge in [-0.3, -0.25) is 18.9 Å². The lowest BCUT2D eigenvalue weighted by Crippen LogP contribution is -2.37. The summed E-state index contributed by atoms with van der Waals surface area (Å²) in [5.74, 6) is 0. The minimum absolute atomic E-state index is 0.656. The Morgan fingerprint density at radius 2 is 2.10 bits per heavy atom. The first kappa shape index (κ1) is 16.0. The zero-order valence-electron chi connectivity index (χ0n) is 10.4. The van der Waals surface area contributed by atoms with Gasteiger partial charge >= 0.3 is 5.69 Å². The van der Waals surface area contributed by atoms with E-state index in [9.17, 15) is 29.3 Å². The number of nitrogens with one attached hydrogen (secondary N) is 1. The van der Waals surface area contributed by atoms with Crippen molar-refractivity contribution < 1.29 is 33.8 Å². The summed E-state index contributed by atoms with van der Waals surface area (Å²) >= 11 is 0. The highest BCUT2D eigenvalue weighted by Crippen LogP contribution is 2.34. The van der Waals surface area contributed by atoms with E-state index in [1.165, 1.54) is 0 Å². The summed E-state index contributed by atoms with van der Waals surface area (Å²) in [7, 11) is -5.01. The first-order chi connectivity index (χ1) is 9.69. The third-order valence-corrected chi connectivity index (χ3v) is 3.34. The summed E-state index contributed by atoms with van der Waals surface area (Å²) in [6.45, 7) is -0.746. The van der Waals surface area contributed by atoms with Crippen LogP contribution in [0, 0.1) is 0 Å². The van der Waals surface area contributed by atoms with Crippen molar-refractivity contribution in [1.82, 2.24) is 9.55 Å². The van der Waals surface area contributed by atoms with E-state index in [1.807, 2.05) is 4.98 Å². The highest BCUT2D eigenvalue weighted by Gasteiger charge is 2.44. The molecule has 1 aliphatic heterocycles. The molecule has 0 aromatic carbocycles. The lowest BCUT2D eigenvalue weighted by atomic mass is 10.1. The number of aliphatic hydroxyl groups excluding tert-OH is 2. The molecular formula is C9H12N2O9P-. The van der Waals surface area contributed by atoms with Gasteiger partial charge in [0.25, 0.3) is 13.4 Å². The van der Waals surface area contributed by atoms with E-state index in [1.54, 1.807) is 0 Å². The second kappa shape index (κ2) is 5.81. The molecule has 118 valence electrons. The highest BCUT2D eigenvalue weighted by molar-refractivity contribution is 7.44. The molecule has 0 saturated carbocycles. The molecule has 0 radical (unpaired) electrons. The average molecular weight is 323 g/mol. The van der Waals surface area contributed by atoms with Crippen LogP contribution in [-0.2, 0) is 13.8 Å². The van der Waals surface area contributed by atoms with E-state index in [-0.39, 0.29) is 0 Å². The van der Waals surface area contributed by atoms with Crippen LogP contribution < -0.4 is 16.1 Å². The van der Waals surface area contributed by atoms with Gasteiger partial charge in [0.1, 0.15) is 18.3 Å². The molecule has 2 rings (SSSR count). The Hall–Kier alpha value is -1.33. The lowest BCUT2D eigenvalue weighted by molar-refractivity contribution is -0.222. The van der Waals surface area contributed by atoms with Gasteiger partial charge in [-0.05, 0) is 0 Å². The van der Waals surface area contributed by atoms with Gasteiger partial charge in [-0.2, -0.15) is 0 Å². The third-order valence-electron chi connectivity index (χ3n) is 2.86. The van der Waals surface area contributed by atoms with Gasteiger partial charge < -0.3 is 29.3 Å². The predicted octanol–water partition coefficient (Wildman–Crippen LogP) is -3.37. The van der Waals surface area contributed by atoms with Gasteiger partial charge in [-0.25, -0.2) is 4.79 Å². The summed E-state index contributed by atoms with van der Waals surface area (Å²) in [6, 6.07) is 1.01. The van der Waals surface area contributed by atoms with Crippen molar-refractivity contribution in [2.45, 2.75) is 24.5 Å². The molecule has 12 heteroatoms. The first-order valence-electron chi connectivity index (χ1n) is 5.70. The number of rotatable bonds is 4. The quantitative estimate of drug-likeness (QED) is 0.412. The van der Waals surface area contributed by atoms with Crippen LogP contribution in [0.2, 0.25) is 0 Å². The Labute approximate surface area is 116 Å². The second-order valence-electron chi connectivity index (χ2n) is 4.33. The number of phosphoric ester groups is 1. The molecule has 2 unspecified atom stereocenters. The Morgan fingerprint density at radius 3 is 2.67 bits per heavy atom. The monoisotopic (exact) mass is 323 g/mol. The van der Waals surface area contributed by atoms with E-state index >= 15 is 0 Å². The molecular weight excluding hydrogens is 311 g/mol. The van der Waals surface area contributed by atoms with Crippen molar-refractivity contribution in [3.05, 3.63) is 33.1 Å². The number of nitrogens with zero attached hydrogens (tertiary/aromatic N) is 1. The molecule has 21 heavy (non-hydrogen) atoms. The Morgan fingerprint density at radius 1 is 1.43 bits per heavy atom. The Kier molecular flexibility index (Phi) is 4.44. The fourth-order valence-electron chi connectivity index (χ4n) is 1.89. The van der Waals surface area contributed by atoms with Crippen LogP contribution in [0.25, 0.3) is 0 Å². The summed E-state index contributed by atoms with van der Waals surface area (Å²) in [5.41, 5.74) is -1.53. The van der Waals surface area contributed by atoms with Crippen LogP contribution in [0.5, 0.6) is 0 Å². The lowest BCUT2D eigenvalue weighted by Gasteiger charge is -2.20. The number of hydrogen-bond acceptors (Lipinski definition) is 8. The van der Waals surface area contributed by atoms with Crippen molar-refractivity contribution in [2.24, 2.45) is 0 Å². The summed E-state index contributed by atoms with van der Waals surface area (Å²) in [4.78, 5) is 43.4. The van der Waals surface area contributed by atoms with Gasteiger partial charge in [0.15, 0.2) is 6.23 Å². The maximum Gasteiger partial charge on any atom is 0.330 e. The maximum absolute atomic E-state index is 11.6. The number of aliphatic hydroxyl groups is 2. The number of hydrogen-bond donors (Lipinski definition) is 4. The number of aromatic amines is 1. The van der Waals surface area contributed by atoms with Crippen LogP contribution in [0.15, 0.2) is 21.9 Å². The summed E-state index contributed by atoms with van der Waals surface area (Å²) in [6.07, 6.45) is -4.71. The molecule has 1 saturated heterocycles. The van der Waals surface area contributed by atoms with Gasteiger partial charge in [0.2, 0.25) is 0 Å². The van der Waals surface area contributed by atoms with E-state index in [4.69, 9.17) is 9.63 Å². The van der Waals surface area contributed by atoms with Gasteiger partial charge in [0, 0.05) is 12.3 Å². The normalized spacial score (nSPS) is 32.0. The Bertz CT molecular complexity index is 664. The highest BCUT2D eigenvalue weighted by atomic mass is 31.2. The first-order valence-corrected chi connectivity index (χ1v) is 7.20. The van der Waals surface area contributed by atoms with Crippen LogP contribution in [0.1, 0.15) is 6.23 Å². The zero-order valence-corrected chi connectivity index (χ0v) is 11.3. The number of ether oxygens (including phenoxy) is 1. The third kappa shape index (κ3) is 3.66. The molecule has 0 amide bonds. The van der Waals surface area contributed by atoms with Crippen LogP contribution in [-0.4, -0.2) is 49.6 Å². The SMILES string of the molecule is O=c1ccn(C2O[C@@H](COP(=O)([O-])O)[C@H](O)[C@H]2O)c(=O)[nH]1. The fourth-order valence-corrected chi connectivity index (χ4v) is 2.23. The van der Waals surface area contributed by atoms with Crippen LogP contribution in [0.4, 0.5) is 0 Å². The van der Waals surface area contributed by atoms with Gasteiger partial charge in [-0.1, -0.05) is 0 Å². The molecule has 1 aliphatic rings. The van der Waals surface area contributed by atoms with Crippen LogP contribution >= 0.6 is 7.82 Å². The molecule has 1 fully saturated rings. The molecule has 5 atom stereocenters. The van der Waals surface area contributed by atoms with E-state index in [0.29, 0.717) is 0 Å². The minimum atomic E-state index is -5.01. The molecule has 0 bridgehead atoms. The van der Waals surface area contributed by atoms with Crippen molar-refractivity contribution in [1.29, 1.82) is 0 Å². The molecule has 4 N–H and O–H groups in total. The number of aromatic nitrogens is 2. The van der Waals surface area contributed by atoms with Gasteiger partial charge in [0.05, 0.1) is 6.61 Å². The molecule has 1 aromatic rings. The second-order valence-corrected chi connectivity index (χ2v) is 5.52. The maximum atomic E-state index is 11.6. The average Bonchev–Trinajstić information content (AvgIpc) is 2.64. The van der Waals surface area contributed by atoms with Crippen LogP contribution in [0.3, 0.4) is 0 Å². The molecule has 0 aliphatic carbocycles. The summed E-state index contributed by atoms with van der Waals surface area (Å²) in [5, 5.41) is 19.5. The fraction of sp³-hybridized carbons (Fsp3) is 0.556. The number of H-pyrrole nitrogens is 1. The Balaban J connectivity index is 2.18. The largest absolute Gasteiger partial charge is 0.756 e. The minimum Gasteiger partial charge on any atom is -0.756 e. The molecule has 0 spiro atoms.